The second-order valence-corrected chi connectivity index (χ2v) is 3.86. The molecule has 0 aromatic carbocycles. The van der Waals surface area contributed by atoms with Gasteiger partial charge in [-0.15, -0.1) is 0 Å². The molecule has 0 saturated heterocycles. The van der Waals surface area contributed by atoms with Crippen LogP contribution < -0.4 is 5.32 Å². The van der Waals surface area contributed by atoms with Gasteiger partial charge in [0.2, 0.25) is 5.91 Å². The summed E-state index contributed by atoms with van der Waals surface area (Å²) in [6.07, 6.45) is 0.0372. The van der Waals surface area contributed by atoms with Crippen LogP contribution in [0.5, 0.6) is 0 Å². The van der Waals surface area contributed by atoms with Crippen molar-refractivity contribution in [2.75, 3.05) is 6.54 Å². The molecule has 0 saturated carbocycles. The zero-order valence-corrected chi connectivity index (χ0v) is 9.90. The molecule has 0 atom stereocenters. The number of rotatable bonds is 8. The molecule has 0 aliphatic carbocycles. The maximum absolute atomic E-state index is 11.8. The number of ketones is 1. The summed E-state index contributed by atoms with van der Waals surface area (Å²) in [5, 5.41) is 1.97. The Labute approximate surface area is 98.8 Å². The van der Waals surface area contributed by atoms with Crippen LogP contribution in [0.3, 0.4) is 0 Å². The molecule has 1 N–H and O–H groups in total. The third kappa shape index (κ3) is 8.71. The zero-order chi connectivity index (χ0) is 13.3. The lowest BCUT2D eigenvalue weighted by atomic mass is 10.1. The summed E-state index contributed by atoms with van der Waals surface area (Å²) in [7, 11) is 0. The molecule has 0 unspecified atom stereocenters. The lowest BCUT2D eigenvalue weighted by Crippen LogP contribution is -2.36. The van der Waals surface area contributed by atoms with E-state index in [0.29, 0.717) is 6.42 Å². The van der Waals surface area contributed by atoms with Crippen LogP contribution in [0.25, 0.3) is 0 Å². The van der Waals surface area contributed by atoms with Crippen LogP contribution in [0.1, 0.15) is 45.4 Å². The molecule has 0 spiro atoms. The van der Waals surface area contributed by atoms with Crippen molar-refractivity contribution in [2.24, 2.45) is 0 Å². The van der Waals surface area contributed by atoms with Crippen LogP contribution in [0.15, 0.2) is 0 Å². The smallest absolute Gasteiger partial charge is 0.349 e. The molecule has 3 nitrogen and oxygen atoms in total. The molecule has 0 aliphatic heterocycles. The van der Waals surface area contributed by atoms with Crippen molar-refractivity contribution in [1.29, 1.82) is 0 Å². The Bertz CT molecular complexity index is 252. The van der Waals surface area contributed by atoms with Crippen molar-refractivity contribution in [3.05, 3.63) is 0 Å². The summed E-state index contributed by atoms with van der Waals surface area (Å²) in [5.41, 5.74) is 0. The van der Waals surface area contributed by atoms with E-state index in [0.717, 1.165) is 25.7 Å². The normalized spacial score (nSPS) is 11.3. The van der Waals surface area contributed by atoms with E-state index in [2.05, 4.69) is 6.92 Å². The molecule has 0 radical (unpaired) electrons. The molecule has 0 fully saturated rings. The van der Waals surface area contributed by atoms with E-state index in [1.54, 1.807) is 0 Å². The van der Waals surface area contributed by atoms with Gasteiger partial charge >= 0.3 is 6.18 Å². The average molecular weight is 253 g/mol. The lowest BCUT2D eigenvalue weighted by molar-refractivity contribution is -0.170. The van der Waals surface area contributed by atoms with Crippen molar-refractivity contribution in [1.82, 2.24) is 5.32 Å². The first-order valence-electron chi connectivity index (χ1n) is 5.74. The van der Waals surface area contributed by atoms with E-state index in [1.807, 2.05) is 5.32 Å². The Kier molecular flexibility index (Phi) is 7.58. The summed E-state index contributed by atoms with van der Waals surface area (Å²) in [4.78, 5) is 21.5. The average Bonchev–Trinajstić information content (AvgIpc) is 2.24. The first-order chi connectivity index (χ1) is 7.88. The maximum atomic E-state index is 11.8. The predicted octanol–water partition coefficient (Wildman–Crippen LogP) is 2.59. The molecular formula is C11H18F3NO2. The van der Waals surface area contributed by atoms with Crippen LogP contribution in [-0.4, -0.2) is 24.4 Å². The number of alkyl halides is 3. The summed E-state index contributed by atoms with van der Waals surface area (Å²) in [5.74, 6) is -2.42. The molecule has 17 heavy (non-hydrogen) atoms. The molecule has 1 amide bonds. The molecule has 0 aliphatic rings. The Morgan fingerprint density at radius 3 is 2.18 bits per heavy atom. The molecular weight excluding hydrogens is 235 g/mol. The number of hydrogen-bond acceptors (Lipinski definition) is 2. The summed E-state index contributed by atoms with van der Waals surface area (Å²) in [6.45, 7) is 1.10. The van der Waals surface area contributed by atoms with Gasteiger partial charge in [0.15, 0.2) is 0 Å². The van der Waals surface area contributed by atoms with E-state index < -0.39 is 24.4 Å². The monoisotopic (exact) mass is 253 g/mol. The fourth-order valence-corrected chi connectivity index (χ4v) is 1.26. The van der Waals surface area contributed by atoms with E-state index >= 15 is 0 Å². The van der Waals surface area contributed by atoms with Crippen molar-refractivity contribution in [3.8, 4) is 0 Å². The Morgan fingerprint density at radius 2 is 1.65 bits per heavy atom. The molecule has 100 valence electrons. The van der Waals surface area contributed by atoms with Gasteiger partial charge in [0.05, 0.1) is 6.54 Å². The third-order valence-electron chi connectivity index (χ3n) is 2.27. The van der Waals surface area contributed by atoms with Gasteiger partial charge in [-0.2, -0.15) is 13.2 Å². The van der Waals surface area contributed by atoms with Gasteiger partial charge in [-0.05, 0) is 6.42 Å². The van der Waals surface area contributed by atoms with Gasteiger partial charge in [0.25, 0.3) is 5.78 Å². The summed E-state index contributed by atoms with van der Waals surface area (Å²) < 4.78 is 35.4. The first kappa shape index (κ1) is 15.9. The van der Waals surface area contributed by atoms with Gasteiger partial charge in [0.1, 0.15) is 0 Å². The summed E-state index contributed by atoms with van der Waals surface area (Å²) in [6, 6.07) is 0. The molecule has 6 heteroatoms. The molecule has 0 rings (SSSR count). The topological polar surface area (TPSA) is 46.2 Å². The SMILES string of the molecule is CCCCCCCC(=O)NCC(=O)C(F)(F)F. The molecule has 0 aromatic heterocycles. The fraction of sp³-hybridized carbons (Fsp3) is 0.818. The number of hydrogen-bond donors (Lipinski definition) is 1. The van der Waals surface area contributed by atoms with Gasteiger partial charge in [-0.25, -0.2) is 0 Å². The van der Waals surface area contributed by atoms with Crippen LogP contribution in [0.2, 0.25) is 0 Å². The number of unbranched alkanes of at least 4 members (excludes halogenated alkanes) is 4. The van der Waals surface area contributed by atoms with E-state index in [1.165, 1.54) is 0 Å². The van der Waals surface area contributed by atoms with E-state index in [4.69, 9.17) is 0 Å². The minimum absolute atomic E-state index is 0.175. The highest BCUT2D eigenvalue weighted by molar-refractivity contribution is 5.89. The van der Waals surface area contributed by atoms with Crippen LogP contribution in [-0.2, 0) is 9.59 Å². The fourth-order valence-electron chi connectivity index (χ4n) is 1.26. The Balaban J connectivity index is 3.57. The van der Waals surface area contributed by atoms with E-state index in [-0.39, 0.29) is 6.42 Å². The minimum Gasteiger partial charge on any atom is -0.349 e. The van der Waals surface area contributed by atoms with Gasteiger partial charge in [-0.3, -0.25) is 9.59 Å². The number of halogens is 3. The summed E-state index contributed by atoms with van der Waals surface area (Å²) >= 11 is 0. The number of Topliss-reactive ketones (excluding diaryl/α,β-unsaturated/α-hetero) is 1. The Morgan fingerprint density at radius 1 is 1.06 bits per heavy atom. The molecule has 0 heterocycles. The van der Waals surface area contributed by atoms with Crippen molar-refractivity contribution in [3.63, 3.8) is 0 Å². The van der Waals surface area contributed by atoms with Gasteiger partial charge < -0.3 is 5.32 Å². The number of carbonyl (C=O) groups excluding carboxylic acids is 2. The van der Waals surface area contributed by atoms with Crippen molar-refractivity contribution < 1.29 is 22.8 Å². The lowest BCUT2D eigenvalue weighted by Gasteiger charge is -2.06. The first-order valence-corrected chi connectivity index (χ1v) is 5.74. The highest BCUT2D eigenvalue weighted by atomic mass is 19.4. The largest absolute Gasteiger partial charge is 0.451 e. The Hall–Kier alpha value is -1.07. The van der Waals surface area contributed by atoms with Crippen LogP contribution in [0, 0.1) is 0 Å². The standard InChI is InChI=1S/C11H18F3NO2/c1-2-3-4-5-6-7-10(17)15-8-9(16)11(12,13)14/h2-8H2,1H3,(H,15,17). The number of nitrogens with one attached hydrogen (secondary N) is 1. The van der Waals surface area contributed by atoms with E-state index in [9.17, 15) is 22.8 Å². The maximum Gasteiger partial charge on any atom is 0.451 e. The quantitative estimate of drug-likeness (QED) is 0.676. The molecule has 0 aromatic rings. The predicted molar refractivity (Wildman–Crippen MR) is 57.4 cm³/mol. The highest BCUT2D eigenvalue weighted by Crippen LogP contribution is 2.15. The number of carbonyl (C=O) groups is 2. The van der Waals surface area contributed by atoms with Gasteiger partial charge in [-0.1, -0.05) is 32.6 Å². The third-order valence-corrected chi connectivity index (χ3v) is 2.27. The second-order valence-electron chi connectivity index (χ2n) is 3.86. The second kappa shape index (κ2) is 8.08. The zero-order valence-electron chi connectivity index (χ0n) is 9.90. The van der Waals surface area contributed by atoms with Gasteiger partial charge in [0, 0.05) is 6.42 Å². The highest BCUT2D eigenvalue weighted by Gasteiger charge is 2.37. The van der Waals surface area contributed by atoms with Crippen LogP contribution in [0.4, 0.5) is 13.2 Å². The van der Waals surface area contributed by atoms with Crippen LogP contribution >= 0.6 is 0 Å². The minimum atomic E-state index is -4.87. The van der Waals surface area contributed by atoms with Crippen molar-refractivity contribution in [2.45, 2.75) is 51.6 Å². The molecule has 0 bridgehead atoms. The van der Waals surface area contributed by atoms with Crippen molar-refractivity contribution >= 4 is 11.7 Å². The number of amides is 1.